The van der Waals surface area contributed by atoms with Crippen molar-refractivity contribution in [3.8, 4) is 5.75 Å². The third kappa shape index (κ3) is 4.22. The summed E-state index contributed by atoms with van der Waals surface area (Å²) in [7, 11) is 0. The zero-order chi connectivity index (χ0) is 17.5. The highest BCUT2D eigenvalue weighted by Gasteiger charge is 2.30. The first-order valence-corrected chi connectivity index (χ1v) is 8.07. The second-order valence-electron chi connectivity index (χ2n) is 5.42. The van der Waals surface area contributed by atoms with Crippen molar-refractivity contribution < 1.29 is 19.1 Å². The van der Waals surface area contributed by atoms with Gasteiger partial charge in [-0.1, -0.05) is 42.0 Å². The fourth-order valence-electron chi connectivity index (χ4n) is 2.43. The summed E-state index contributed by atoms with van der Waals surface area (Å²) >= 11 is 0. The minimum absolute atomic E-state index is 0.230. The summed E-state index contributed by atoms with van der Waals surface area (Å²) in [6.45, 7) is 6.36. The van der Waals surface area contributed by atoms with E-state index in [0.29, 0.717) is 23.5 Å². The third-order valence-electron chi connectivity index (χ3n) is 3.65. The highest BCUT2D eigenvalue weighted by Crippen LogP contribution is 2.25. The Kier molecular flexibility index (Phi) is 6.13. The van der Waals surface area contributed by atoms with Crippen molar-refractivity contribution in [2.24, 2.45) is 0 Å². The molecule has 2 rings (SSSR count). The zero-order valence-corrected chi connectivity index (χ0v) is 14.2. The molecule has 0 N–H and O–H groups in total. The number of esters is 1. The molecule has 0 saturated carbocycles. The molecule has 0 saturated heterocycles. The van der Waals surface area contributed by atoms with Crippen LogP contribution in [-0.4, -0.2) is 25.0 Å². The summed E-state index contributed by atoms with van der Waals surface area (Å²) in [6.07, 6.45) is 0. The van der Waals surface area contributed by atoms with E-state index in [0.717, 1.165) is 5.56 Å². The van der Waals surface area contributed by atoms with E-state index >= 15 is 0 Å². The van der Waals surface area contributed by atoms with Crippen molar-refractivity contribution in [1.82, 2.24) is 0 Å². The summed E-state index contributed by atoms with van der Waals surface area (Å²) in [4.78, 5) is 25.2. The van der Waals surface area contributed by atoms with Gasteiger partial charge in [-0.25, -0.2) is 0 Å². The maximum Gasteiger partial charge on any atom is 0.321 e. The molecule has 1 unspecified atom stereocenters. The summed E-state index contributed by atoms with van der Waals surface area (Å²) < 4.78 is 10.5. The monoisotopic (exact) mass is 326 g/mol. The van der Waals surface area contributed by atoms with Crippen molar-refractivity contribution in [1.29, 1.82) is 0 Å². The Balaban J connectivity index is 2.35. The van der Waals surface area contributed by atoms with Crippen LogP contribution in [0.15, 0.2) is 48.5 Å². The van der Waals surface area contributed by atoms with E-state index in [2.05, 4.69) is 0 Å². The Hall–Kier alpha value is -2.62. The number of ketones is 1. The Bertz CT molecular complexity index is 687. The molecule has 0 heterocycles. The van der Waals surface area contributed by atoms with Gasteiger partial charge in [0.1, 0.15) is 11.7 Å². The highest BCUT2D eigenvalue weighted by molar-refractivity contribution is 6.13. The molecule has 0 fully saturated rings. The Morgan fingerprint density at radius 3 is 2.08 bits per heavy atom. The summed E-state index contributed by atoms with van der Waals surface area (Å²) in [5, 5.41) is 0. The molecule has 1 atom stereocenters. The number of benzene rings is 2. The normalized spacial score (nSPS) is 11.6. The lowest BCUT2D eigenvalue weighted by molar-refractivity contribution is -0.143. The highest BCUT2D eigenvalue weighted by atomic mass is 16.5. The van der Waals surface area contributed by atoms with Gasteiger partial charge in [0, 0.05) is 5.56 Å². The molecule has 0 aliphatic heterocycles. The molecule has 126 valence electrons. The number of hydrogen-bond donors (Lipinski definition) is 0. The lowest BCUT2D eigenvalue weighted by atomic mass is 9.90. The first-order valence-electron chi connectivity index (χ1n) is 8.07. The van der Waals surface area contributed by atoms with Crippen LogP contribution in [0.5, 0.6) is 5.75 Å². The second kappa shape index (κ2) is 8.29. The summed E-state index contributed by atoms with van der Waals surface area (Å²) in [5.41, 5.74) is 2.15. The Morgan fingerprint density at radius 2 is 1.54 bits per heavy atom. The summed E-state index contributed by atoms with van der Waals surface area (Å²) in [6, 6.07) is 14.2. The molecule has 0 radical (unpaired) electrons. The smallest absolute Gasteiger partial charge is 0.321 e. The van der Waals surface area contributed by atoms with Crippen LogP contribution in [0, 0.1) is 6.92 Å². The number of carbonyl (C=O) groups excluding carboxylic acids is 2. The van der Waals surface area contributed by atoms with Crippen LogP contribution < -0.4 is 4.74 Å². The molecule has 0 aromatic heterocycles. The van der Waals surface area contributed by atoms with E-state index in [4.69, 9.17) is 9.47 Å². The molecule has 0 bridgehead atoms. The van der Waals surface area contributed by atoms with Crippen molar-refractivity contribution in [2.45, 2.75) is 26.7 Å². The van der Waals surface area contributed by atoms with Gasteiger partial charge in [0.05, 0.1) is 13.2 Å². The average molecular weight is 326 g/mol. The van der Waals surface area contributed by atoms with Crippen LogP contribution in [-0.2, 0) is 9.53 Å². The molecule has 0 spiro atoms. The van der Waals surface area contributed by atoms with Crippen LogP contribution >= 0.6 is 0 Å². The van der Waals surface area contributed by atoms with Crippen molar-refractivity contribution >= 4 is 11.8 Å². The van der Waals surface area contributed by atoms with Gasteiger partial charge in [-0.2, -0.15) is 0 Å². The molecule has 4 nitrogen and oxygen atoms in total. The lowest BCUT2D eigenvalue weighted by Crippen LogP contribution is -2.24. The van der Waals surface area contributed by atoms with E-state index in [1.165, 1.54) is 0 Å². The zero-order valence-electron chi connectivity index (χ0n) is 14.2. The number of hydrogen-bond acceptors (Lipinski definition) is 4. The average Bonchev–Trinajstić information content (AvgIpc) is 2.58. The maximum absolute atomic E-state index is 12.9. The van der Waals surface area contributed by atoms with E-state index in [-0.39, 0.29) is 12.4 Å². The molecule has 4 heteroatoms. The molecule has 0 aliphatic rings. The van der Waals surface area contributed by atoms with Crippen LogP contribution in [0.4, 0.5) is 0 Å². The minimum atomic E-state index is -0.969. The van der Waals surface area contributed by atoms with E-state index < -0.39 is 11.9 Å². The van der Waals surface area contributed by atoms with Crippen molar-refractivity contribution in [2.75, 3.05) is 13.2 Å². The topological polar surface area (TPSA) is 52.6 Å². The quantitative estimate of drug-likeness (QED) is 0.439. The lowest BCUT2D eigenvalue weighted by Gasteiger charge is -2.16. The largest absolute Gasteiger partial charge is 0.494 e. The number of Topliss-reactive ketones (excluding diaryl/α,β-unsaturated/α-hetero) is 1. The van der Waals surface area contributed by atoms with Gasteiger partial charge < -0.3 is 9.47 Å². The fourth-order valence-corrected chi connectivity index (χ4v) is 2.43. The van der Waals surface area contributed by atoms with Gasteiger partial charge in [-0.3, -0.25) is 9.59 Å². The number of ether oxygens (including phenoxy) is 2. The third-order valence-corrected chi connectivity index (χ3v) is 3.65. The Labute approximate surface area is 142 Å². The van der Waals surface area contributed by atoms with E-state index in [1.807, 2.05) is 26.0 Å². The van der Waals surface area contributed by atoms with Gasteiger partial charge in [0.2, 0.25) is 0 Å². The minimum Gasteiger partial charge on any atom is -0.494 e. The van der Waals surface area contributed by atoms with Crippen LogP contribution in [0.3, 0.4) is 0 Å². The molecule has 24 heavy (non-hydrogen) atoms. The number of aryl methyl sites for hydroxylation is 1. The van der Waals surface area contributed by atoms with E-state index in [1.54, 1.807) is 43.3 Å². The van der Waals surface area contributed by atoms with Crippen LogP contribution in [0.25, 0.3) is 0 Å². The fraction of sp³-hybridized carbons (Fsp3) is 0.300. The number of carbonyl (C=O) groups is 2. The predicted octanol–water partition coefficient (Wildman–Crippen LogP) is 3.92. The first-order chi connectivity index (χ1) is 11.6. The predicted molar refractivity (Wildman–Crippen MR) is 92.5 cm³/mol. The standard InChI is InChI=1S/C20H22O4/c1-4-23-17-12-10-15(11-13-17)18(20(22)24-5-2)19(21)16-8-6-14(3)7-9-16/h6-13,18H,4-5H2,1-3H3. The number of rotatable bonds is 7. The van der Waals surface area contributed by atoms with Crippen molar-refractivity contribution in [3.05, 3.63) is 65.2 Å². The molecule has 0 aliphatic carbocycles. The van der Waals surface area contributed by atoms with Crippen molar-refractivity contribution in [3.63, 3.8) is 0 Å². The van der Waals surface area contributed by atoms with Gasteiger partial charge in [-0.15, -0.1) is 0 Å². The molecule has 0 amide bonds. The van der Waals surface area contributed by atoms with Crippen LogP contribution in [0.1, 0.15) is 41.3 Å². The molecule has 2 aromatic rings. The van der Waals surface area contributed by atoms with E-state index in [9.17, 15) is 9.59 Å². The van der Waals surface area contributed by atoms with Gasteiger partial charge in [0.15, 0.2) is 5.78 Å². The molecule has 2 aromatic carbocycles. The summed E-state index contributed by atoms with van der Waals surface area (Å²) in [5.74, 6) is -1.07. The first kappa shape index (κ1) is 17.7. The second-order valence-corrected chi connectivity index (χ2v) is 5.42. The van der Waals surface area contributed by atoms with Crippen LogP contribution in [0.2, 0.25) is 0 Å². The molecular weight excluding hydrogens is 304 g/mol. The SMILES string of the molecule is CCOC(=O)C(C(=O)c1ccc(C)cc1)c1ccc(OCC)cc1. The Morgan fingerprint density at radius 1 is 0.917 bits per heavy atom. The van der Waals surface area contributed by atoms with Gasteiger partial charge in [0.25, 0.3) is 0 Å². The van der Waals surface area contributed by atoms with Gasteiger partial charge in [-0.05, 0) is 38.5 Å². The maximum atomic E-state index is 12.9. The molecular formula is C20H22O4. The van der Waals surface area contributed by atoms with Gasteiger partial charge >= 0.3 is 5.97 Å².